The van der Waals surface area contributed by atoms with Crippen molar-refractivity contribution in [3.05, 3.63) is 53.7 Å². The predicted molar refractivity (Wildman–Crippen MR) is 89.2 cm³/mol. The van der Waals surface area contributed by atoms with E-state index in [1.54, 1.807) is 12.3 Å². The van der Waals surface area contributed by atoms with Crippen molar-refractivity contribution in [2.75, 3.05) is 19.6 Å². The number of aromatic nitrogens is 1. The zero-order chi connectivity index (χ0) is 16.3. The standard InChI is InChI=1S/C18H21N3O2/c1-13-5-7-20-16(9-13)14-3-2-4-15(10-14)17(22)21-12-18(23)6-8-19-11-18/h2-5,7,9-10,19,23H,6,8,11-12H2,1H3,(H,21,22). The molecule has 120 valence electrons. The molecule has 1 aliphatic heterocycles. The number of rotatable bonds is 4. The number of hydrogen-bond acceptors (Lipinski definition) is 4. The third kappa shape index (κ3) is 3.75. The maximum absolute atomic E-state index is 12.3. The van der Waals surface area contributed by atoms with Gasteiger partial charge in [-0.05, 0) is 49.7 Å². The van der Waals surface area contributed by atoms with E-state index in [4.69, 9.17) is 0 Å². The molecule has 0 bridgehead atoms. The molecule has 0 aliphatic carbocycles. The fourth-order valence-corrected chi connectivity index (χ4v) is 2.74. The van der Waals surface area contributed by atoms with Crippen LogP contribution in [0.15, 0.2) is 42.6 Å². The van der Waals surface area contributed by atoms with Crippen LogP contribution in [0.2, 0.25) is 0 Å². The van der Waals surface area contributed by atoms with Crippen LogP contribution in [0.5, 0.6) is 0 Å². The molecule has 1 aliphatic rings. The van der Waals surface area contributed by atoms with Gasteiger partial charge in [0.1, 0.15) is 0 Å². The van der Waals surface area contributed by atoms with E-state index in [-0.39, 0.29) is 12.5 Å². The molecule has 5 heteroatoms. The highest BCUT2D eigenvalue weighted by Crippen LogP contribution is 2.19. The van der Waals surface area contributed by atoms with Crippen molar-refractivity contribution in [2.45, 2.75) is 18.9 Å². The Morgan fingerprint density at radius 1 is 1.39 bits per heavy atom. The normalized spacial score (nSPS) is 20.4. The van der Waals surface area contributed by atoms with Crippen molar-refractivity contribution >= 4 is 5.91 Å². The third-order valence-corrected chi connectivity index (χ3v) is 4.14. The summed E-state index contributed by atoms with van der Waals surface area (Å²) in [5.41, 5.74) is 2.60. The first-order chi connectivity index (χ1) is 11.1. The van der Waals surface area contributed by atoms with E-state index < -0.39 is 5.60 Å². The minimum atomic E-state index is -0.842. The van der Waals surface area contributed by atoms with Crippen LogP contribution in [-0.2, 0) is 0 Å². The van der Waals surface area contributed by atoms with Gasteiger partial charge in [0.05, 0.1) is 11.3 Å². The van der Waals surface area contributed by atoms with Crippen molar-refractivity contribution in [1.82, 2.24) is 15.6 Å². The number of amides is 1. The fourth-order valence-electron chi connectivity index (χ4n) is 2.74. The van der Waals surface area contributed by atoms with E-state index in [9.17, 15) is 9.90 Å². The molecular weight excluding hydrogens is 290 g/mol. The molecule has 1 aromatic heterocycles. The number of hydrogen-bond donors (Lipinski definition) is 3. The molecule has 5 nitrogen and oxygen atoms in total. The van der Waals surface area contributed by atoms with E-state index in [1.165, 1.54) is 0 Å². The van der Waals surface area contributed by atoms with Crippen LogP contribution in [-0.4, -0.2) is 41.2 Å². The van der Waals surface area contributed by atoms with Gasteiger partial charge in [-0.1, -0.05) is 12.1 Å². The van der Waals surface area contributed by atoms with Gasteiger partial charge in [0.25, 0.3) is 5.91 Å². The molecular formula is C18H21N3O2. The predicted octanol–water partition coefficient (Wildman–Crippen LogP) is 1.51. The number of pyridine rings is 1. The Balaban J connectivity index is 1.73. The lowest BCUT2D eigenvalue weighted by Gasteiger charge is -2.21. The Bertz CT molecular complexity index is 709. The summed E-state index contributed by atoms with van der Waals surface area (Å²) in [7, 11) is 0. The lowest BCUT2D eigenvalue weighted by atomic mass is 10.0. The van der Waals surface area contributed by atoms with Crippen molar-refractivity contribution in [3.8, 4) is 11.3 Å². The van der Waals surface area contributed by atoms with Crippen LogP contribution in [0, 0.1) is 6.92 Å². The second-order valence-electron chi connectivity index (χ2n) is 6.13. The van der Waals surface area contributed by atoms with Crippen LogP contribution in [0.25, 0.3) is 11.3 Å². The summed E-state index contributed by atoms with van der Waals surface area (Å²) in [5.74, 6) is -0.181. The Morgan fingerprint density at radius 3 is 3.00 bits per heavy atom. The minimum absolute atomic E-state index is 0.181. The average molecular weight is 311 g/mol. The second kappa shape index (κ2) is 6.48. The molecule has 0 spiro atoms. The third-order valence-electron chi connectivity index (χ3n) is 4.14. The van der Waals surface area contributed by atoms with Crippen molar-refractivity contribution in [1.29, 1.82) is 0 Å². The summed E-state index contributed by atoms with van der Waals surface area (Å²) >= 11 is 0. The molecule has 1 aromatic carbocycles. The van der Waals surface area contributed by atoms with Crippen molar-refractivity contribution in [2.24, 2.45) is 0 Å². The zero-order valence-corrected chi connectivity index (χ0v) is 13.2. The van der Waals surface area contributed by atoms with E-state index in [0.29, 0.717) is 18.5 Å². The van der Waals surface area contributed by atoms with Crippen LogP contribution < -0.4 is 10.6 Å². The Kier molecular flexibility index (Phi) is 4.41. The maximum atomic E-state index is 12.3. The molecule has 1 amide bonds. The van der Waals surface area contributed by atoms with Gasteiger partial charge < -0.3 is 15.7 Å². The average Bonchev–Trinajstić information content (AvgIpc) is 3.00. The van der Waals surface area contributed by atoms with Crippen molar-refractivity contribution < 1.29 is 9.90 Å². The number of nitrogens with zero attached hydrogens (tertiary/aromatic N) is 1. The first kappa shape index (κ1) is 15.6. The maximum Gasteiger partial charge on any atom is 0.251 e. The van der Waals surface area contributed by atoms with E-state index in [1.807, 2.05) is 37.3 Å². The Hall–Kier alpha value is -2.24. The van der Waals surface area contributed by atoms with Gasteiger partial charge in [-0.2, -0.15) is 0 Å². The monoisotopic (exact) mass is 311 g/mol. The molecule has 2 aromatic rings. The van der Waals surface area contributed by atoms with Gasteiger partial charge in [-0.15, -0.1) is 0 Å². The largest absolute Gasteiger partial charge is 0.387 e. The Morgan fingerprint density at radius 2 is 2.26 bits per heavy atom. The first-order valence-corrected chi connectivity index (χ1v) is 7.80. The van der Waals surface area contributed by atoms with E-state index in [0.717, 1.165) is 23.4 Å². The van der Waals surface area contributed by atoms with Gasteiger partial charge in [0, 0.05) is 30.4 Å². The second-order valence-corrected chi connectivity index (χ2v) is 6.13. The number of β-amino-alcohol motifs (C(OH)–C–C–N with tert-alkyl or cyclic N) is 1. The lowest BCUT2D eigenvalue weighted by molar-refractivity contribution is 0.0562. The number of carbonyl (C=O) groups excluding carboxylic acids is 1. The molecule has 0 radical (unpaired) electrons. The van der Waals surface area contributed by atoms with Gasteiger partial charge in [0.2, 0.25) is 0 Å². The molecule has 3 N–H and O–H groups in total. The van der Waals surface area contributed by atoms with Crippen molar-refractivity contribution in [3.63, 3.8) is 0 Å². The van der Waals surface area contributed by atoms with Gasteiger partial charge in [-0.25, -0.2) is 0 Å². The first-order valence-electron chi connectivity index (χ1n) is 7.80. The summed E-state index contributed by atoms with van der Waals surface area (Å²) in [4.78, 5) is 16.7. The zero-order valence-electron chi connectivity index (χ0n) is 13.2. The molecule has 1 atom stereocenters. The van der Waals surface area contributed by atoms with Gasteiger partial charge >= 0.3 is 0 Å². The number of aliphatic hydroxyl groups is 1. The topological polar surface area (TPSA) is 74.2 Å². The summed E-state index contributed by atoms with van der Waals surface area (Å²) in [6.07, 6.45) is 2.42. The molecule has 2 heterocycles. The molecule has 1 saturated heterocycles. The number of aryl methyl sites for hydroxylation is 1. The molecule has 23 heavy (non-hydrogen) atoms. The minimum Gasteiger partial charge on any atom is -0.387 e. The number of nitrogens with one attached hydrogen (secondary N) is 2. The highest BCUT2D eigenvalue weighted by atomic mass is 16.3. The van der Waals surface area contributed by atoms with Crippen LogP contribution in [0.4, 0.5) is 0 Å². The van der Waals surface area contributed by atoms with Gasteiger partial charge in [-0.3, -0.25) is 9.78 Å². The highest BCUT2D eigenvalue weighted by Gasteiger charge is 2.31. The van der Waals surface area contributed by atoms with Gasteiger partial charge in [0.15, 0.2) is 0 Å². The smallest absolute Gasteiger partial charge is 0.251 e. The molecule has 1 fully saturated rings. The molecule has 0 saturated carbocycles. The van der Waals surface area contributed by atoms with Crippen LogP contribution in [0.1, 0.15) is 22.3 Å². The van der Waals surface area contributed by atoms with E-state index >= 15 is 0 Å². The number of benzene rings is 1. The lowest BCUT2D eigenvalue weighted by Crippen LogP contribution is -2.44. The molecule has 1 unspecified atom stereocenters. The summed E-state index contributed by atoms with van der Waals surface area (Å²) in [6.45, 7) is 3.56. The fraction of sp³-hybridized carbons (Fsp3) is 0.333. The van der Waals surface area contributed by atoms with Crippen LogP contribution >= 0.6 is 0 Å². The summed E-state index contributed by atoms with van der Waals surface area (Å²) in [5, 5.41) is 16.2. The van der Waals surface area contributed by atoms with E-state index in [2.05, 4.69) is 15.6 Å². The molecule has 3 rings (SSSR count). The number of carbonyl (C=O) groups is 1. The Labute approximate surface area is 135 Å². The summed E-state index contributed by atoms with van der Waals surface area (Å²) in [6, 6.07) is 11.3. The quantitative estimate of drug-likeness (QED) is 0.800. The SMILES string of the molecule is Cc1ccnc(-c2cccc(C(=O)NCC3(O)CCNC3)c2)c1. The van der Waals surface area contributed by atoms with Crippen LogP contribution in [0.3, 0.4) is 0 Å². The highest BCUT2D eigenvalue weighted by molar-refractivity contribution is 5.95. The summed E-state index contributed by atoms with van der Waals surface area (Å²) < 4.78 is 0.